The molecule has 0 aromatic rings. The summed E-state index contributed by atoms with van der Waals surface area (Å²) in [5.41, 5.74) is 5.34. The lowest BCUT2D eigenvalue weighted by atomic mass is 10.2. The Labute approximate surface area is 90.9 Å². The van der Waals surface area contributed by atoms with Gasteiger partial charge in [0.15, 0.2) is 0 Å². The van der Waals surface area contributed by atoms with Crippen molar-refractivity contribution in [1.29, 1.82) is 0 Å². The number of carbonyl (C=O) groups is 1. The van der Waals surface area contributed by atoms with Crippen molar-refractivity contribution in [2.24, 2.45) is 5.73 Å². The summed E-state index contributed by atoms with van der Waals surface area (Å²) >= 11 is 0. The standard InChI is InChI=1S/C10H22N2O3/c11-5-3-1-2-4-10(15)12(6-8-13)7-9-14/h13-14H,1-9,11H2. The van der Waals surface area contributed by atoms with Gasteiger partial charge in [0.2, 0.25) is 5.91 Å². The summed E-state index contributed by atoms with van der Waals surface area (Å²) in [7, 11) is 0. The van der Waals surface area contributed by atoms with Crippen LogP contribution < -0.4 is 5.73 Å². The van der Waals surface area contributed by atoms with Gasteiger partial charge in [-0.15, -0.1) is 0 Å². The van der Waals surface area contributed by atoms with E-state index >= 15 is 0 Å². The summed E-state index contributed by atoms with van der Waals surface area (Å²) in [6.07, 6.45) is 3.19. The van der Waals surface area contributed by atoms with Crippen LogP contribution in [-0.2, 0) is 4.79 Å². The summed E-state index contributed by atoms with van der Waals surface area (Å²) in [5, 5.41) is 17.5. The third-order valence-corrected chi connectivity index (χ3v) is 2.19. The zero-order chi connectivity index (χ0) is 11.5. The van der Waals surface area contributed by atoms with Crippen molar-refractivity contribution in [3.8, 4) is 0 Å². The molecular weight excluding hydrogens is 196 g/mol. The monoisotopic (exact) mass is 218 g/mol. The number of hydrogen-bond donors (Lipinski definition) is 3. The number of hydrogen-bond acceptors (Lipinski definition) is 4. The highest BCUT2D eigenvalue weighted by atomic mass is 16.3. The number of nitrogens with zero attached hydrogens (tertiary/aromatic N) is 1. The number of nitrogens with two attached hydrogens (primary N) is 1. The Bertz CT molecular complexity index is 159. The third-order valence-electron chi connectivity index (χ3n) is 2.19. The first kappa shape index (κ1) is 14.3. The highest BCUT2D eigenvalue weighted by Crippen LogP contribution is 2.02. The maximum absolute atomic E-state index is 11.6. The molecule has 0 aliphatic carbocycles. The Morgan fingerprint density at radius 3 is 2.13 bits per heavy atom. The maximum atomic E-state index is 11.6. The van der Waals surface area contributed by atoms with Crippen molar-refractivity contribution in [2.75, 3.05) is 32.8 Å². The highest BCUT2D eigenvalue weighted by Gasteiger charge is 2.11. The summed E-state index contributed by atoms with van der Waals surface area (Å²) in [6.45, 7) is 1.14. The lowest BCUT2D eigenvalue weighted by Gasteiger charge is -2.20. The molecule has 0 unspecified atom stereocenters. The molecule has 0 aromatic carbocycles. The third kappa shape index (κ3) is 7.30. The molecule has 4 N–H and O–H groups in total. The van der Waals surface area contributed by atoms with Gasteiger partial charge in [0.25, 0.3) is 0 Å². The molecule has 0 aromatic heterocycles. The van der Waals surface area contributed by atoms with Crippen LogP contribution in [0.3, 0.4) is 0 Å². The minimum atomic E-state index is -0.0610. The van der Waals surface area contributed by atoms with Crippen LogP contribution in [0, 0.1) is 0 Å². The Kier molecular flexibility index (Phi) is 9.46. The van der Waals surface area contributed by atoms with Gasteiger partial charge < -0.3 is 20.8 Å². The average molecular weight is 218 g/mol. The van der Waals surface area contributed by atoms with Gasteiger partial charge in [-0.3, -0.25) is 4.79 Å². The Hall–Kier alpha value is -0.650. The molecule has 0 spiro atoms. The predicted octanol–water partition coefficient (Wildman–Crippen LogP) is -0.681. The number of rotatable bonds is 9. The van der Waals surface area contributed by atoms with E-state index in [1.165, 1.54) is 4.90 Å². The highest BCUT2D eigenvalue weighted by molar-refractivity contribution is 5.76. The quantitative estimate of drug-likeness (QED) is 0.447. The van der Waals surface area contributed by atoms with Crippen molar-refractivity contribution in [3.63, 3.8) is 0 Å². The van der Waals surface area contributed by atoms with Crippen LogP contribution in [-0.4, -0.2) is 53.9 Å². The lowest BCUT2D eigenvalue weighted by Crippen LogP contribution is -2.35. The van der Waals surface area contributed by atoms with Crippen molar-refractivity contribution in [1.82, 2.24) is 4.90 Å². The zero-order valence-electron chi connectivity index (χ0n) is 9.19. The Morgan fingerprint density at radius 1 is 1.07 bits per heavy atom. The first-order valence-electron chi connectivity index (χ1n) is 5.45. The average Bonchev–Trinajstić information content (AvgIpc) is 2.24. The Balaban J connectivity index is 3.70. The van der Waals surface area contributed by atoms with Crippen molar-refractivity contribution in [3.05, 3.63) is 0 Å². The second-order valence-electron chi connectivity index (χ2n) is 3.43. The van der Waals surface area contributed by atoms with Crippen molar-refractivity contribution in [2.45, 2.75) is 25.7 Å². The van der Waals surface area contributed by atoms with Crippen LogP contribution in [0.4, 0.5) is 0 Å². The normalized spacial score (nSPS) is 10.3. The largest absolute Gasteiger partial charge is 0.395 e. The minimum Gasteiger partial charge on any atom is -0.395 e. The first-order chi connectivity index (χ1) is 7.26. The number of unbranched alkanes of at least 4 members (excludes halogenated alkanes) is 2. The van der Waals surface area contributed by atoms with Gasteiger partial charge in [-0.2, -0.15) is 0 Å². The van der Waals surface area contributed by atoms with E-state index in [1.54, 1.807) is 0 Å². The first-order valence-corrected chi connectivity index (χ1v) is 5.45. The molecule has 90 valence electrons. The number of aliphatic hydroxyl groups excluding tert-OH is 2. The fourth-order valence-corrected chi connectivity index (χ4v) is 1.36. The van der Waals surface area contributed by atoms with E-state index < -0.39 is 0 Å². The van der Waals surface area contributed by atoms with Gasteiger partial charge in [-0.1, -0.05) is 6.42 Å². The van der Waals surface area contributed by atoms with Crippen LogP contribution in [0.5, 0.6) is 0 Å². The summed E-state index contributed by atoms with van der Waals surface area (Å²) in [6, 6.07) is 0. The van der Waals surface area contributed by atoms with Crippen molar-refractivity contribution >= 4 is 5.91 Å². The molecular formula is C10H22N2O3. The summed E-state index contributed by atoms with van der Waals surface area (Å²) in [4.78, 5) is 13.0. The molecule has 0 heterocycles. The fraction of sp³-hybridized carbons (Fsp3) is 0.900. The van der Waals surface area contributed by atoms with Gasteiger partial charge in [0.05, 0.1) is 13.2 Å². The van der Waals surface area contributed by atoms with Gasteiger partial charge in [0, 0.05) is 19.5 Å². The molecule has 0 bridgehead atoms. The molecule has 0 radical (unpaired) electrons. The van der Waals surface area contributed by atoms with Gasteiger partial charge >= 0.3 is 0 Å². The number of amides is 1. The predicted molar refractivity (Wildman–Crippen MR) is 58.3 cm³/mol. The van der Waals surface area contributed by atoms with E-state index in [1.807, 2.05) is 0 Å². The van der Waals surface area contributed by atoms with Gasteiger partial charge in [0.1, 0.15) is 0 Å². The maximum Gasteiger partial charge on any atom is 0.222 e. The van der Waals surface area contributed by atoms with E-state index in [0.717, 1.165) is 19.3 Å². The molecule has 0 rings (SSSR count). The fourth-order valence-electron chi connectivity index (χ4n) is 1.36. The van der Waals surface area contributed by atoms with Crippen LogP contribution in [0.25, 0.3) is 0 Å². The van der Waals surface area contributed by atoms with Gasteiger partial charge in [-0.25, -0.2) is 0 Å². The molecule has 5 nitrogen and oxygen atoms in total. The SMILES string of the molecule is NCCCCCC(=O)N(CCO)CCO. The van der Waals surface area contributed by atoms with Crippen LogP contribution in [0.2, 0.25) is 0 Å². The van der Waals surface area contributed by atoms with Crippen LogP contribution >= 0.6 is 0 Å². The molecule has 0 saturated carbocycles. The van der Waals surface area contributed by atoms with E-state index in [2.05, 4.69) is 0 Å². The Morgan fingerprint density at radius 2 is 1.67 bits per heavy atom. The topological polar surface area (TPSA) is 86.8 Å². The van der Waals surface area contributed by atoms with E-state index in [-0.39, 0.29) is 19.1 Å². The lowest BCUT2D eigenvalue weighted by molar-refractivity contribution is -0.132. The van der Waals surface area contributed by atoms with E-state index in [9.17, 15) is 4.79 Å². The summed E-state index contributed by atoms with van der Waals surface area (Å²) in [5.74, 6) is -0.00452. The molecule has 15 heavy (non-hydrogen) atoms. The molecule has 0 fully saturated rings. The smallest absolute Gasteiger partial charge is 0.222 e. The van der Waals surface area contributed by atoms with E-state index in [0.29, 0.717) is 26.1 Å². The van der Waals surface area contributed by atoms with Crippen molar-refractivity contribution < 1.29 is 15.0 Å². The molecule has 0 atom stereocenters. The molecule has 0 aliphatic heterocycles. The van der Waals surface area contributed by atoms with Crippen LogP contribution in [0.1, 0.15) is 25.7 Å². The summed E-state index contributed by atoms with van der Waals surface area (Å²) < 4.78 is 0. The second kappa shape index (κ2) is 9.89. The molecule has 1 amide bonds. The molecule has 0 aliphatic rings. The van der Waals surface area contributed by atoms with Crippen LogP contribution in [0.15, 0.2) is 0 Å². The zero-order valence-corrected chi connectivity index (χ0v) is 9.19. The minimum absolute atomic E-state index is 0.00452. The van der Waals surface area contributed by atoms with E-state index in [4.69, 9.17) is 15.9 Å². The number of carbonyl (C=O) groups excluding carboxylic acids is 1. The second-order valence-corrected chi connectivity index (χ2v) is 3.43. The molecule has 0 saturated heterocycles. The van der Waals surface area contributed by atoms with Gasteiger partial charge in [-0.05, 0) is 19.4 Å². The molecule has 5 heteroatoms. The number of aliphatic hydroxyl groups is 2.